The molecule has 1 heterocycles. The molecule has 7 nitrogen and oxygen atoms in total. The number of hydrogen-bond donors (Lipinski definition) is 0. The second-order valence-electron chi connectivity index (χ2n) is 7.04. The largest absolute Gasteiger partial charge is 0.497 e. The number of nitrogens with zero attached hydrogens (tertiary/aromatic N) is 3. The average Bonchev–Trinajstić information content (AvgIpc) is 3.14. The predicted octanol–water partition coefficient (Wildman–Crippen LogP) is 3.27. The first kappa shape index (κ1) is 19.8. The Morgan fingerprint density at radius 2 is 1.89 bits per heavy atom. The summed E-state index contributed by atoms with van der Waals surface area (Å²) >= 11 is 0. The zero-order chi connectivity index (χ0) is 20.1. The number of carbonyl (C=O) groups is 1. The highest BCUT2D eigenvalue weighted by molar-refractivity contribution is 5.94. The Kier molecular flexibility index (Phi) is 6.26. The van der Waals surface area contributed by atoms with Gasteiger partial charge in [0, 0.05) is 30.9 Å². The fourth-order valence-electron chi connectivity index (χ4n) is 3.59. The molecule has 7 heteroatoms. The molecule has 0 unspecified atom stereocenters. The van der Waals surface area contributed by atoms with Gasteiger partial charge in [0.1, 0.15) is 5.75 Å². The number of anilines is 1. The van der Waals surface area contributed by atoms with Crippen LogP contribution in [0.1, 0.15) is 18.4 Å². The number of amides is 1. The van der Waals surface area contributed by atoms with Crippen molar-refractivity contribution in [3.63, 3.8) is 0 Å². The Hall–Kier alpha value is -2.93. The maximum Gasteiger partial charge on any atom is 0.269 e. The number of methoxy groups -OCH3 is 1. The molecule has 0 aliphatic carbocycles. The van der Waals surface area contributed by atoms with E-state index in [0.717, 1.165) is 31.6 Å². The average molecular weight is 383 g/mol. The second kappa shape index (κ2) is 8.84. The number of likely N-dealkylation sites (N-methyl/N-ethyl adjacent to an activating group) is 1. The molecule has 1 aliphatic rings. The summed E-state index contributed by atoms with van der Waals surface area (Å²) in [7, 11) is 3.36. The molecule has 1 amide bonds. The molecule has 1 atom stereocenters. The van der Waals surface area contributed by atoms with Crippen LogP contribution in [0, 0.1) is 10.1 Å². The lowest BCUT2D eigenvalue weighted by molar-refractivity contribution is -0.384. The van der Waals surface area contributed by atoms with E-state index in [2.05, 4.69) is 17.0 Å². The number of hydrogen-bond acceptors (Lipinski definition) is 5. The maximum absolute atomic E-state index is 12.7. The third kappa shape index (κ3) is 4.67. The minimum absolute atomic E-state index is 0.0173. The minimum atomic E-state index is -0.445. The molecule has 2 aromatic rings. The van der Waals surface area contributed by atoms with Crippen molar-refractivity contribution >= 4 is 17.3 Å². The van der Waals surface area contributed by atoms with Crippen LogP contribution in [0.5, 0.6) is 5.75 Å². The molecule has 0 radical (unpaired) electrons. The summed E-state index contributed by atoms with van der Waals surface area (Å²) in [5.41, 5.74) is 1.90. The molecule has 1 fully saturated rings. The van der Waals surface area contributed by atoms with Gasteiger partial charge in [-0.25, -0.2) is 0 Å². The van der Waals surface area contributed by atoms with Crippen LogP contribution < -0.4 is 9.64 Å². The molecular formula is C21H25N3O4. The number of non-ortho nitro benzene ring substituents is 1. The van der Waals surface area contributed by atoms with Crippen molar-refractivity contribution in [3.8, 4) is 5.75 Å². The van der Waals surface area contributed by atoms with Crippen molar-refractivity contribution in [1.82, 2.24) is 4.90 Å². The van der Waals surface area contributed by atoms with Crippen LogP contribution in [0.2, 0.25) is 0 Å². The van der Waals surface area contributed by atoms with E-state index in [0.29, 0.717) is 18.3 Å². The summed E-state index contributed by atoms with van der Waals surface area (Å²) in [5, 5.41) is 10.8. The van der Waals surface area contributed by atoms with Gasteiger partial charge < -0.3 is 9.64 Å². The van der Waals surface area contributed by atoms with Gasteiger partial charge in [0.2, 0.25) is 5.91 Å². The summed E-state index contributed by atoms with van der Waals surface area (Å²) in [4.78, 5) is 26.9. The molecule has 1 saturated heterocycles. The molecule has 0 bridgehead atoms. The second-order valence-corrected chi connectivity index (χ2v) is 7.04. The van der Waals surface area contributed by atoms with Gasteiger partial charge in [0.15, 0.2) is 0 Å². The van der Waals surface area contributed by atoms with E-state index in [1.807, 2.05) is 12.1 Å². The van der Waals surface area contributed by atoms with Crippen molar-refractivity contribution < 1.29 is 14.5 Å². The van der Waals surface area contributed by atoms with Crippen molar-refractivity contribution in [2.75, 3.05) is 32.1 Å². The lowest BCUT2D eigenvalue weighted by atomic mass is 10.0. The standard InChI is InChI=1S/C21H25N3O4/c1-22(17-7-9-18(10-8-17)24(26)27)21(25)15-23-13-3-4-19(23)14-16-5-11-20(28-2)12-6-16/h5-12,19H,3-4,13-15H2,1-2H3/t19-/m1/s1. The Balaban J connectivity index is 1.60. The minimum Gasteiger partial charge on any atom is -0.497 e. The normalized spacial score (nSPS) is 16.7. The highest BCUT2D eigenvalue weighted by atomic mass is 16.6. The van der Waals surface area contributed by atoms with Gasteiger partial charge >= 0.3 is 0 Å². The topological polar surface area (TPSA) is 75.9 Å². The summed E-state index contributed by atoms with van der Waals surface area (Å²) in [6, 6.07) is 14.4. The van der Waals surface area contributed by atoms with E-state index < -0.39 is 4.92 Å². The zero-order valence-corrected chi connectivity index (χ0v) is 16.2. The lowest BCUT2D eigenvalue weighted by Crippen LogP contribution is -2.41. The van der Waals surface area contributed by atoms with Gasteiger partial charge in [-0.05, 0) is 55.6 Å². The van der Waals surface area contributed by atoms with Crippen LogP contribution in [0.4, 0.5) is 11.4 Å². The number of nitro groups is 1. The van der Waals surface area contributed by atoms with E-state index in [1.54, 1.807) is 31.2 Å². The number of carbonyl (C=O) groups excluding carboxylic acids is 1. The van der Waals surface area contributed by atoms with Gasteiger partial charge in [-0.2, -0.15) is 0 Å². The van der Waals surface area contributed by atoms with Crippen molar-refractivity contribution in [3.05, 3.63) is 64.2 Å². The SMILES string of the molecule is COc1ccc(C[C@H]2CCCN2CC(=O)N(C)c2ccc([N+](=O)[O-])cc2)cc1. The van der Waals surface area contributed by atoms with E-state index in [9.17, 15) is 14.9 Å². The highest BCUT2D eigenvalue weighted by Gasteiger charge is 2.27. The number of rotatable bonds is 7. The van der Waals surface area contributed by atoms with Crippen molar-refractivity contribution in [2.24, 2.45) is 0 Å². The molecule has 3 rings (SSSR count). The molecular weight excluding hydrogens is 358 g/mol. The van der Waals surface area contributed by atoms with E-state index >= 15 is 0 Å². The first-order valence-electron chi connectivity index (χ1n) is 9.36. The van der Waals surface area contributed by atoms with Gasteiger partial charge in [0.25, 0.3) is 5.69 Å². The Morgan fingerprint density at radius 1 is 1.21 bits per heavy atom. The van der Waals surface area contributed by atoms with Gasteiger partial charge in [0.05, 0.1) is 18.6 Å². The molecule has 1 aliphatic heterocycles. The molecule has 0 spiro atoms. The third-order valence-corrected chi connectivity index (χ3v) is 5.29. The van der Waals surface area contributed by atoms with Crippen LogP contribution in [-0.4, -0.2) is 49.0 Å². The van der Waals surface area contributed by atoms with E-state index in [4.69, 9.17) is 4.74 Å². The molecule has 148 valence electrons. The van der Waals surface area contributed by atoms with Crippen LogP contribution in [-0.2, 0) is 11.2 Å². The van der Waals surface area contributed by atoms with Gasteiger partial charge in [-0.1, -0.05) is 12.1 Å². The summed E-state index contributed by atoms with van der Waals surface area (Å²) in [6.07, 6.45) is 3.05. The van der Waals surface area contributed by atoms with Gasteiger partial charge in [-0.15, -0.1) is 0 Å². The van der Waals surface area contributed by atoms with Crippen LogP contribution in [0.25, 0.3) is 0 Å². The quantitative estimate of drug-likeness (QED) is 0.542. The predicted molar refractivity (Wildman–Crippen MR) is 108 cm³/mol. The third-order valence-electron chi connectivity index (χ3n) is 5.29. The summed E-state index contributed by atoms with van der Waals surface area (Å²) < 4.78 is 5.20. The molecule has 0 aromatic heterocycles. The molecule has 0 saturated carbocycles. The van der Waals surface area contributed by atoms with Crippen LogP contribution in [0.3, 0.4) is 0 Å². The van der Waals surface area contributed by atoms with Gasteiger partial charge in [-0.3, -0.25) is 19.8 Å². The van der Waals surface area contributed by atoms with Crippen molar-refractivity contribution in [1.29, 1.82) is 0 Å². The molecule has 2 aromatic carbocycles. The van der Waals surface area contributed by atoms with Crippen molar-refractivity contribution in [2.45, 2.75) is 25.3 Å². The lowest BCUT2D eigenvalue weighted by Gasteiger charge is -2.26. The molecule has 28 heavy (non-hydrogen) atoms. The summed E-state index contributed by atoms with van der Waals surface area (Å²) in [5.74, 6) is 0.822. The smallest absolute Gasteiger partial charge is 0.269 e. The zero-order valence-electron chi connectivity index (χ0n) is 16.2. The Bertz CT molecular complexity index is 821. The maximum atomic E-state index is 12.7. The monoisotopic (exact) mass is 383 g/mol. The fraction of sp³-hybridized carbons (Fsp3) is 0.381. The van der Waals surface area contributed by atoms with E-state index in [1.165, 1.54) is 17.7 Å². The fourth-order valence-corrected chi connectivity index (χ4v) is 3.59. The molecule has 0 N–H and O–H groups in total. The van der Waals surface area contributed by atoms with Crippen LogP contribution in [0.15, 0.2) is 48.5 Å². The Labute approximate surface area is 164 Å². The number of ether oxygens (including phenoxy) is 1. The Morgan fingerprint density at radius 3 is 2.50 bits per heavy atom. The van der Waals surface area contributed by atoms with Crippen LogP contribution >= 0.6 is 0 Å². The number of likely N-dealkylation sites (tertiary alicyclic amines) is 1. The first-order valence-corrected chi connectivity index (χ1v) is 9.36. The highest BCUT2D eigenvalue weighted by Crippen LogP contribution is 2.23. The first-order chi connectivity index (χ1) is 13.5. The van der Waals surface area contributed by atoms with E-state index in [-0.39, 0.29) is 11.6 Å². The number of benzene rings is 2. The summed E-state index contributed by atoms with van der Waals surface area (Å²) in [6.45, 7) is 1.25. The number of nitro benzene ring substituents is 1.